The van der Waals surface area contributed by atoms with Gasteiger partial charge in [0, 0.05) is 26.9 Å². The minimum absolute atomic E-state index is 0.126. The Morgan fingerprint density at radius 2 is 1.86 bits per heavy atom. The van der Waals surface area contributed by atoms with Crippen LogP contribution in [0.4, 0.5) is 0 Å². The van der Waals surface area contributed by atoms with Crippen LogP contribution < -0.4 is 5.32 Å². The highest BCUT2D eigenvalue weighted by Crippen LogP contribution is 2.04. The molecule has 0 radical (unpaired) electrons. The summed E-state index contributed by atoms with van der Waals surface area (Å²) in [4.78, 5) is 0. The van der Waals surface area contributed by atoms with Crippen LogP contribution in [0.5, 0.6) is 0 Å². The molecule has 0 bridgehead atoms. The molecule has 0 aromatic heterocycles. The van der Waals surface area contributed by atoms with Gasteiger partial charge < -0.3 is 19.9 Å². The highest BCUT2D eigenvalue weighted by molar-refractivity contribution is 4.72. The molecular weight excluding hydrogens is 182 g/mol. The smallest absolute Gasteiger partial charge is 0.171 e. The van der Waals surface area contributed by atoms with Gasteiger partial charge in [-0.3, -0.25) is 0 Å². The first-order valence-corrected chi connectivity index (χ1v) is 5.12. The maximum atomic E-state index is 8.83. The normalized spacial score (nSPS) is 15.9. The Hall–Kier alpha value is -0.160. The van der Waals surface area contributed by atoms with Crippen LogP contribution in [-0.4, -0.2) is 44.3 Å². The zero-order valence-electron chi connectivity index (χ0n) is 9.62. The van der Waals surface area contributed by atoms with Crippen molar-refractivity contribution < 1.29 is 14.6 Å². The van der Waals surface area contributed by atoms with Crippen molar-refractivity contribution in [3.05, 3.63) is 0 Å². The van der Waals surface area contributed by atoms with E-state index in [9.17, 15) is 0 Å². The number of rotatable bonds is 8. The molecular formula is C10H23NO3. The second kappa shape index (κ2) is 8.17. The number of methoxy groups -OCH3 is 2. The van der Waals surface area contributed by atoms with Crippen LogP contribution in [0.25, 0.3) is 0 Å². The first-order valence-electron chi connectivity index (χ1n) is 5.12. The molecule has 0 rings (SSSR count). The summed E-state index contributed by atoms with van der Waals surface area (Å²) in [6.07, 6.45) is 1.52. The molecule has 0 saturated heterocycles. The van der Waals surface area contributed by atoms with E-state index in [1.807, 2.05) is 6.92 Å². The lowest BCUT2D eigenvalue weighted by atomic mass is 10.1. The van der Waals surface area contributed by atoms with E-state index in [4.69, 9.17) is 14.6 Å². The molecule has 0 fully saturated rings. The Balaban J connectivity index is 3.92. The molecule has 0 saturated carbocycles. The molecule has 0 aliphatic rings. The summed E-state index contributed by atoms with van der Waals surface area (Å²) in [5.41, 5.74) is 0. The third kappa shape index (κ3) is 4.91. The SMILES string of the molecule is CCC(CCO)NC(C)C(OC)OC. The molecule has 0 heterocycles. The fourth-order valence-electron chi connectivity index (χ4n) is 1.52. The summed E-state index contributed by atoms with van der Waals surface area (Å²) in [7, 11) is 3.25. The van der Waals surface area contributed by atoms with Crippen LogP contribution in [0.15, 0.2) is 0 Å². The number of hydrogen-bond acceptors (Lipinski definition) is 4. The lowest BCUT2D eigenvalue weighted by molar-refractivity contribution is -0.121. The van der Waals surface area contributed by atoms with E-state index >= 15 is 0 Å². The average molecular weight is 205 g/mol. The quantitative estimate of drug-likeness (QED) is 0.574. The molecule has 2 N–H and O–H groups in total. The van der Waals surface area contributed by atoms with Gasteiger partial charge in [0.05, 0.1) is 6.04 Å². The summed E-state index contributed by atoms with van der Waals surface area (Å²) in [6, 6.07) is 0.448. The Morgan fingerprint density at radius 1 is 1.29 bits per heavy atom. The van der Waals surface area contributed by atoms with Crippen molar-refractivity contribution in [1.29, 1.82) is 0 Å². The van der Waals surface area contributed by atoms with Gasteiger partial charge in [-0.25, -0.2) is 0 Å². The van der Waals surface area contributed by atoms with Crippen LogP contribution in [0, 0.1) is 0 Å². The molecule has 0 aliphatic heterocycles. The van der Waals surface area contributed by atoms with Crippen molar-refractivity contribution in [1.82, 2.24) is 5.32 Å². The highest BCUT2D eigenvalue weighted by Gasteiger charge is 2.18. The summed E-state index contributed by atoms with van der Waals surface area (Å²) in [6.45, 7) is 4.31. The average Bonchev–Trinajstić information content (AvgIpc) is 2.19. The molecule has 0 aliphatic carbocycles. The van der Waals surface area contributed by atoms with Crippen molar-refractivity contribution in [2.24, 2.45) is 0 Å². The topological polar surface area (TPSA) is 50.7 Å². The minimum atomic E-state index is -0.234. The Labute approximate surface area is 86.6 Å². The standard InChI is InChI=1S/C10H23NO3/c1-5-9(6-7-12)11-8(2)10(13-3)14-4/h8-12H,5-7H2,1-4H3. The number of nitrogens with one attached hydrogen (secondary N) is 1. The molecule has 0 aromatic rings. The van der Waals surface area contributed by atoms with Crippen LogP contribution >= 0.6 is 0 Å². The van der Waals surface area contributed by atoms with Gasteiger partial charge in [-0.15, -0.1) is 0 Å². The van der Waals surface area contributed by atoms with Crippen LogP contribution in [0.2, 0.25) is 0 Å². The molecule has 0 spiro atoms. The Kier molecular flexibility index (Phi) is 8.08. The second-order valence-corrected chi connectivity index (χ2v) is 3.41. The Morgan fingerprint density at radius 3 is 2.21 bits per heavy atom. The van der Waals surface area contributed by atoms with Crippen molar-refractivity contribution in [3.63, 3.8) is 0 Å². The van der Waals surface area contributed by atoms with E-state index in [1.54, 1.807) is 14.2 Å². The van der Waals surface area contributed by atoms with Crippen molar-refractivity contribution in [2.75, 3.05) is 20.8 Å². The summed E-state index contributed by atoms with van der Waals surface area (Å²) < 4.78 is 10.3. The van der Waals surface area contributed by atoms with Gasteiger partial charge in [0.1, 0.15) is 0 Å². The summed E-state index contributed by atoms with van der Waals surface area (Å²) in [5, 5.41) is 12.2. The second-order valence-electron chi connectivity index (χ2n) is 3.41. The van der Waals surface area contributed by atoms with Crippen LogP contribution in [0.3, 0.4) is 0 Å². The predicted octanol–water partition coefficient (Wildman–Crippen LogP) is 0.744. The molecule has 2 unspecified atom stereocenters. The van der Waals surface area contributed by atoms with E-state index < -0.39 is 0 Å². The number of hydrogen-bond donors (Lipinski definition) is 2. The third-order valence-electron chi connectivity index (χ3n) is 2.34. The van der Waals surface area contributed by atoms with Gasteiger partial charge in [0.25, 0.3) is 0 Å². The van der Waals surface area contributed by atoms with E-state index in [-0.39, 0.29) is 18.9 Å². The van der Waals surface area contributed by atoms with Crippen molar-refractivity contribution >= 4 is 0 Å². The van der Waals surface area contributed by atoms with Gasteiger partial charge in [0.15, 0.2) is 6.29 Å². The first kappa shape index (κ1) is 13.8. The van der Waals surface area contributed by atoms with E-state index in [0.29, 0.717) is 6.04 Å². The molecule has 86 valence electrons. The summed E-state index contributed by atoms with van der Waals surface area (Å²) in [5.74, 6) is 0. The Bertz CT molecular complexity index is 129. The molecule has 2 atom stereocenters. The third-order valence-corrected chi connectivity index (χ3v) is 2.34. The number of aliphatic hydroxyl groups excluding tert-OH is 1. The van der Waals surface area contributed by atoms with Gasteiger partial charge >= 0.3 is 0 Å². The fourth-order valence-corrected chi connectivity index (χ4v) is 1.52. The molecule has 0 aromatic carbocycles. The number of aliphatic hydroxyl groups is 1. The fraction of sp³-hybridized carbons (Fsp3) is 1.00. The largest absolute Gasteiger partial charge is 0.396 e. The van der Waals surface area contributed by atoms with Gasteiger partial charge in [-0.2, -0.15) is 0 Å². The van der Waals surface area contributed by atoms with Gasteiger partial charge in [0.2, 0.25) is 0 Å². The maximum Gasteiger partial charge on any atom is 0.171 e. The monoisotopic (exact) mass is 205 g/mol. The predicted molar refractivity (Wildman–Crippen MR) is 56.2 cm³/mol. The van der Waals surface area contributed by atoms with Gasteiger partial charge in [-0.05, 0) is 19.8 Å². The zero-order valence-corrected chi connectivity index (χ0v) is 9.62. The van der Waals surface area contributed by atoms with E-state index in [2.05, 4.69) is 12.2 Å². The van der Waals surface area contributed by atoms with Crippen molar-refractivity contribution in [2.45, 2.75) is 45.1 Å². The van der Waals surface area contributed by atoms with E-state index in [1.165, 1.54) is 0 Å². The first-order chi connectivity index (χ1) is 6.69. The summed E-state index contributed by atoms with van der Waals surface area (Å²) >= 11 is 0. The maximum absolute atomic E-state index is 8.83. The zero-order chi connectivity index (χ0) is 11.0. The molecule has 4 heteroatoms. The van der Waals surface area contributed by atoms with Crippen LogP contribution in [-0.2, 0) is 9.47 Å². The molecule has 0 amide bonds. The van der Waals surface area contributed by atoms with Gasteiger partial charge in [-0.1, -0.05) is 6.92 Å². The highest BCUT2D eigenvalue weighted by atomic mass is 16.7. The van der Waals surface area contributed by atoms with Crippen molar-refractivity contribution in [3.8, 4) is 0 Å². The lowest BCUT2D eigenvalue weighted by Gasteiger charge is -2.26. The molecule has 14 heavy (non-hydrogen) atoms. The number of ether oxygens (including phenoxy) is 2. The van der Waals surface area contributed by atoms with E-state index in [0.717, 1.165) is 12.8 Å². The minimum Gasteiger partial charge on any atom is -0.396 e. The lowest BCUT2D eigenvalue weighted by Crippen LogP contribution is -2.45. The van der Waals surface area contributed by atoms with Crippen LogP contribution in [0.1, 0.15) is 26.7 Å². The molecule has 4 nitrogen and oxygen atoms in total.